The van der Waals surface area contributed by atoms with Crippen LogP contribution in [-0.2, 0) is 6.42 Å². The van der Waals surface area contributed by atoms with Gasteiger partial charge in [0.15, 0.2) is 0 Å². The summed E-state index contributed by atoms with van der Waals surface area (Å²) in [4.78, 5) is 15.0. The molecule has 0 radical (unpaired) electrons. The number of carbonyl (C=O) groups is 1. The largest absolute Gasteiger partial charge is 0.497 e. The molecular weight excluding hydrogens is 312 g/mol. The van der Waals surface area contributed by atoms with Crippen molar-refractivity contribution in [3.05, 3.63) is 40.4 Å². The predicted octanol–water partition coefficient (Wildman–Crippen LogP) is 2.14. The summed E-state index contributed by atoms with van der Waals surface area (Å²) in [5.74, 6) is 0.687. The fourth-order valence-corrected chi connectivity index (χ4v) is 3.00. The van der Waals surface area contributed by atoms with E-state index in [0.29, 0.717) is 17.8 Å². The number of methoxy groups -OCH3 is 1. The molecule has 1 aromatic heterocycles. The highest BCUT2D eigenvalue weighted by Gasteiger charge is 2.19. The Hall–Kier alpha value is -1.99. The first-order valence-corrected chi connectivity index (χ1v) is 8.24. The molecule has 1 amide bonds. The zero-order valence-corrected chi connectivity index (χ0v) is 14.7. The molecular formula is C16H22N4O2S. The number of aromatic nitrogens is 2. The molecule has 23 heavy (non-hydrogen) atoms. The summed E-state index contributed by atoms with van der Waals surface area (Å²) in [5, 5.41) is 6.97. The molecule has 0 aliphatic heterocycles. The Morgan fingerprint density at radius 1 is 1.43 bits per heavy atom. The molecule has 124 valence electrons. The fraction of sp³-hybridized carbons (Fsp3) is 0.438. The third-order valence-electron chi connectivity index (χ3n) is 3.65. The highest BCUT2D eigenvalue weighted by molar-refractivity contribution is 7.08. The van der Waals surface area contributed by atoms with Gasteiger partial charge in [-0.2, -0.15) is 0 Å². The summed E-state index contributed by atoms with van der Waals surface area (Å²) in [5.41, 5.74) is 1.84. The third-order valence-corrected chi connectivity index (χ3v) is 4.42. The second-order valence-corrected chi connectivity index (χ2v) is 6.12. The Morgan fingerprint density at radius 3 is 2.87 bits per heavy atom. The van der Waals surface area contributed by atoms with Crippen molar-refractivity contribution < 1.29 is 9.53 Å². The molecule has 1 N–H and O–H groups in total. The zero-order chi connectivity index (χ0) is 16.8. The van der Waals surface area contributed by atoms with E-state index in [1.165, 1.54) is 0 Å². The van der Waals surface area contributed by atoms with Gasteiger partial charge in [-0.3, -0.25) is 4.79 Å². The first-order chi connectivity index (χ1) is 11.1. The number of benzene rings is 1. The van der Waals surface area contributed by atoms with Crippen LogP contribution in [0.2, 0.25) is 0 Å². The van der Waals surface area contributed by atoms with Crippen LogP contribution >= 0.6 is 11.5 Å². The van der Waals surface area contributed by atoms with Crippen LogP contribution in [0.25, 0.3) is 0 Å². The minimum atomic E-state index is -0.119. The van der Waals surface area contributed by atoms with Crippen molar-refractivity contribution in [2.24, 2.45) is 0 Å². The number of nitrogens with one attached hydrogen (secondary N) is 1. The molecule has 2 rings (SSSR count). The molecule has 0 spiro atoms. The van der Waals surface area contributed by atoms with E-state index in [-0.39, 0.29) is 11.9 Å². The molecule has 0 saturated heterocycles. The van der Waals surface area contributed by atoms with Crippen molar-refractivity contribution in [3.63, 3.8) is 0 Å². The highest BCUT2D eigenvalue weighted by atomic mass is 32.1. The van der Waals surface area contributed by atoms with Gasteiger partial charge in [-0.25, -0.2) is 0 Å². The summed E-state index contributed by atoms with van der Waals surface area (Å²) >= 11 is 1.14. The first-order valence-electron chi connectivity index (χ1n) is 7.46. The smallest absolute Gasteiger partial charge is 0.265 e. The number of amides is 1. The summed E-state index contributed by atoms with van der Waals surface area (Å²) < 4.78 is 9.14. The van der Waals surface area contributed by atoms with Gasteiger partial charge in [0, 0.05) is 6.54 Å². The van der Waals surface area contributed by atoms with Gasteiger partial charge in [-0.1, -0.05) is 23.5 Å². The molecule has 1 atom stereocenters. The molecule has 0 aliphatic rings. The average molecular weight is 334 g/mol. The number of rotatable bonds is 7. The van der Waals surface area contributed by atoms with Gasteiger partial charge in [0.25, 0.3) is 5.91 Å². The summed E-state index contributed by atoms with van der Waals surface area (Å²) in [7, 11) is 5.62. The summed E-state index contributed by atoms with van der Waals surface area (Å²) in [6, 6.07) is 7.94. The molecule has 0 fully saturated rings. The number of aryl methyl sites for hydroxylation is 1. The van der Waals surface area contributed by atoms with Crippen molar-refractivity contribution >= 4 is 17.4 Å². The normalized spacial score (nSPS) is 12.2. The van der Waals surface area contributed by atoms with E-state index in [9.17, 15) is 4.79 Å². The van der Waals surface area contributed by atoms with Gasteiger partial charge in [0.1, 0.15) is 10.6 Å². The monoisotopic (exact) mass is 334 g/mol. The fourth-order valence-electron chi connectivity index (χ4n) is 2.33. The lowest BCUT2D eigenvalue weighted by Gasteiger charge is -2.25. The van der Waals surface area contributed by atoms with E-state index in [1.54, 1.807) is 7.11 Å². The Balaban J connectivity index is 2.09. The van der Waals surface area contributed by atoms with Gasteiger partial charge < -0.3 is 15.0 Å². The van der Waals surface area contributed by atoms with E-state index in [1.807, 2.05) is 45.3 Å². The highest BCUT2D eigenvalue weighted by Crippen LogP contribution is 2.22. The van der Waals surface area contributed by atoms with Crippen molar-refractivity contribution in [3.8, 4) is 5.75 Å². The molecule has 6 nitrogen and oxygen atoms in total. The molecule has 1 aromatic carbocycles. The number of likely N-dealkylation sites (N-methyl/N-ethyl adjacent to an activating group) is 1. The molecule has 0 saturated carbocycles. The van der Waals surface area contributed by atoms with Crippen LogP contribution in [0.1, 0.15) is 33.9 Å². The van der Waals surface area contributed by atoms with Crippen LogP contribution in [0.5, 0.6) is 5.75 Å². The van der Waals surface area contributed by atoms with Crippen molar-refractivity contribution in [2.45, 2.75) is 19.4 Å². The number of carbonyl (C=O) groups excluding carboxylic acids is 1. The van der Waals surface area contributed by atoms with Gasteiger partial charge in [0.2, 0.25) is 0 Å². The standard InChI is InChI=1S/C16H22N4O2S/c1-5-13-15(23-19-18-13)16(21)17-10-14(20(2)3)11-7-6-8-12(9-11)22-4/h6-9,14H,5,10H2,1-4H3,(H,17,21). The first kappa shape index (κ1) is 17.4. The zero-order valence-electron chi connectivity index (χ0n) is 13.9. The van der Waals surface area contributed by atoms with Gasteiger partial charge >= 0.3 is 0 Å². The molecule has 1 heterocycles. The number of hydrogen-bond acceptors (Lipinski definition) is 6. The second kappa shape index (κ2) is 8.03. The summed E-state index contributed by atoms with van der Waals surface area (Å²) in [6.07, 6.45) is 0.701. The SMILES string of the molecule is CCc1nnsc1C(=O)NCC(c1cccc(OC)c1)N(C)C. The topological polar surface area (TPSA) is 67.3 Å². The number of ether oxygens (including phenoxy) is 1. The third kappa shape index (κ3) is 4.27. The van der Waals surface area contributed by atoms with Gasteiger partial charge in [0.05, 0.1) is 18.8 Å². The minimum Gasteiger partial charge on any atom is -0.497 e. The van der Waals surface area contributed by atoms with Crippen LogP contribution in [0.15, 0.2) is 24.3 Å². The second-order valence-electron chi connectivity index (χ2n) is 5.37. The van der Waals surface area contributed by atoms with Crippen molar-refractivity contribution in [1.29, 1.82) is 0 Å². The maximum atomic E-state index is 12.3. The van der Waals surface area contributed by atoms with Crippen molar-refractivity contribution in [2.75, 3.05) is 27.7 Å². The Labute approximate surface area is 140 Å². The van der Waals surface area contributed by atoms with Crippen LogP contribution in [0.3, 0.4) is 0 Å². The van der Waals surface area contributed by atoms with E-state index in [2.05, 4.69) is 19.8 Å². The quantitative estimate of drug-likeness (QED) is 0.840. The van der Waals surface area contributed by atoms with Crippen molar-refractivity contribution in [1.82, 2.24) is 19.8 Å². The Morgan fingerprint density at radius 2 is 2.22 bits per heavy atom. The molecule has 1 unspecified atom stereocenters. The molecule has 7 heteroatoms. The molecule has 0 aliphatic carbocycles. The Kier molecular flexibility index (Phi) is 6.06. The van der Waals surface area contributed by atoms with Crippen LogP contribution in [0, 0.1) is 0 Å². The number of hydrogen-bond donors (Lipinski definition) is 1. The van der Waals surface area contributed by atoms with Crippen LogP contribution < -0.4 is 10.1 Å². The number of nitrogens with zero attached hydrogens (tertiary/aromatic N) is 3. The van der Waals surface area contributed by atoms with Crippen LogP contribution in [-0.4, -0.2) is 48.1 Å². The van der Waals surface area contributed by atoms with Gasteiger partial charge in [-0.05, 0) is 49.7 Å². The van der Waals surface area contributed by atoms with Crippen LogP contribution in [0.4, 0.5) is 0 Å². The average Bonchev–Trinajstić information content (AvgIpc) is 3.03. The predicted molar refractivity (Wildman–Crippen MR) is 91.0 cm³/mol. The van der Waals surface area contributed by atoms with E-state index in [4.69, 9.17) is 4.74 Å². The molecule has 2 aromatic rings. The van der Waals surface area contributed by atoms with E-state index in [0.717, 1.165) is 28.5 Å². The maximum Gasteiger partial charge on any atom is 0.265 e. The maximum absolute atomic E-state index is 12.3. The lowest BCUT2D eigenvalue weighted by Crippen LogP contribution is -2.34. The van der Waals surface area contributed by atoms with E-state index >= 15 is 0 Å². The lowest BCUT2D eigenvalue weighted by atomic mass is 10.1. The van der Waals surface area contributed by atoms with E-state index < -0.39 is 0 Å². The summed E-state index contributed by atoms with van der Waals surface area (Å²) in [6.45, 7) is 2.46. The minimum absolute atomic E-state index is 0.0556. The molecule has 0 bridgehead atoms. The lowest BCUT2D eigenvalue weighted by molar-refractivity contribution is 0.0945. The Bertz CT molecular complexity index is 657. The van der Waals surface area contributed by atoms with Gasteiger partial charge in [-0.15, -0.1) is 5.10 Å².